The summed E-state index contributed by atoms with van der Waals surface area (Å²) in [5.74, 6) is -2.38. The van der Waals surface area contributed by atoms with E-state index in [2.05, 4.69) is 20.8 Å². The Morgan fingerprint density at radius 2 is 1.78 bits per heavy atom. The van der Waals surface area contributed by atoms with Crippen LogP contribution in [0.15, 0.2) is 48.7 Å². The van der Waals surface area contributed by atoms with Crippen molar-refractivity contribution in [2.24, 2.45) is 0 Å². The van der Waals surface area contributed by atoms with Crippen LogP contribution in [0, 0.1) is 17.5 Å². The molecule has 0 aliphatic heterocycles. The fourth-order valence-corrected chi connectivity index (χ4v) is 2.53. The van der Waals surface area contributed by atoms with E-state index in [-0.39, 0.29) is 22.9 Å². The van der Waals surface area contributed by atoms with Gasteiger partial charge in [0, 0.05) is 17.8 Å². The van der Waals surface area contributed by atoms with Gasteiger partial charge in [0.15, 0.2) is 5.82 Å². The number of halogens is 4. The molecule has 0 bridgehead atoms. The van der Waals surface area contributed by atoms with Gasteiger partial charge in [0.2, 0.25) is 5.91 Å². The SMILES string of the molecule is O=C(Cc1cccc(F)c1Cl)Nc1cnnc(Nc2cc(F)cc(F)c2)c1. The van der Waals surface area contributed by atoms with Crippen LogP contribution in [0.4, 0.5) is 30.4 Å². The molecule has 5 nitrogen and oxygen atoms in total. The number of nitrogens with zero attached hydrogens (tertiary/aromatic N) is 2. The van der Waals surface area contributed by atoms with Crippen LogP contribution in [-0.2, 0) is 11.2 Å². The Labute approximate surface area is 157 Å². The number of nitrogens with one attached hydrogen (secondary N) is 2. The summed E-state index contributed by atoms with van der Waals surface area (Å²) < 4.78 is 39.9. The first-order chi connectivity index (χ1) is 12.9. The molecule has 0 spiro atoms. The van der Waals surface area contributed by atoms with E-state index in [1.54, 1.807) is 6.07 Å². The summed E-state index contributed by atoms with van der Waals surface area (Å²) in [4.78, 5) is 12.1. The van der Waals surface area contributed by atoms with Gasteiger partial charge in [-0.05, 0) is 23.8 Å². The van der Waals surface area contributed by atoms with Gasteiger partial charge in [0.1, 0.15) is 17.5 Å². The van der Waals surface area contributed by atoms with Gasteiger partial charge in [-0.3, -0.25) is 4.79 Å². The normalized spacial score (nSPS) is 10.5. The third-order valence-electron chi connectivity index (χ3n) is 3.46. The first kappa shape index (κ1) is 18.7. The maximum Gasteiger partial charge on any atom is 0.228 e. The lowest BCUT2D eigenvalue weighted by atomic mass is 10.1. The minimum atomic E-state index is -0.748. The number of carbonyl (C=O) groups is 1. The minimum absolute atomic E-state index is 0.115. The van der Waals surface area contributed by atoms with Gasteiger partial charge in [-0.1, -0.05) is 23.7 Å². The maximum absolute atomic E-state index is 13.4. The van der Waals surface area contributed by atoms with Crippen molar-refractivity contribution in [1.82, 2.24) is 10.2 Å². The smallest absolute Gasteiger partial charge is 0.228 e. The summed E-state index contributed by atoms with van der Waals surface area (Å²) in [6, 6.07) is 8.54. The molecular weight excluding hydrogens is 381 g/mol. The quantitative estimate of drug-likeness (QED) is 0.672. The Bertz CT molecular complexity index is 980. The molecular formula is C18H12ClF3N4O. The lowest BCUT2D eigenvalue weighted by molar-refractivity contribution is -0.115. The van der Waals surface area contributed by atoms with Crippen LogP contribution in [0.25, 0.3) is 0 Å². The minimum Gasteiger partial charge on any atom is -0.338 e. The van der Waals surface area contributed by atoms with Crippen LogP contribution < -0.4 is 10.6 Å². The number of rotatable bonds is 5. The first-order valence-electron chi connectivity index (χ1n) is 7.69. The molecule has 0 unspecified atom stereocenters. The van der Waals surface area contributed by atoms with E-state index in [0.29, 0.717) is 11.3 Å². The highest BCUT2D eigenvalue weighted by molar-refractivity contribution is 6.31. The van der Waals surface area contributed by atoms with Crippen molar-refractivity contribution in [1.29, 1.82) is 0 Å². The Morgan fingerprint density at radius 3 is 2.52 bits per heavy atom. The lowest BCUT2D eigenvalue weighted by Gasteiger charge is -2.09. The summed E-state index contributed by atoms with van der Waals surface area (Å²) in [5.41, 5.74) is 0.767. The van der Waals surface area contributed by atoms with Crippen LogP contribution in [0.3, 0.4) is 0 Å². The molecule has 1 heterocycles. The average Bonchev–Trinajstić information content (AvgIpc) is 2.58. The van der Waals surface area contributed by atoms with Crippen LogP contribution in [0.5, 0.6) is 0 Å². The zero-order chi connectivity index (χ0) is 19.4. The van der Waals surface area contributed by atoms with Crippen LogP contribution in [0.2, 0.25) is 5.02 Å². The van der Waals surface area contributed by atoms with E-state index in [1.807, 2.05) is 0 Å². The molecule has 1 aromatic heterocycles. The van der Waals surface area contributed by atoms with Gasteiger partial charge in [0.05, 0.1) is 23.3 Å². The Morgan fingerprint density at radius 1 is 1.04 bits per heavy atom. The number of hydrogen-bond donors (Lipinski definition) is 2. The molecule has 2 N–H and O–H groups in total. The standard InChI is InChI=1S/C18H12ClF3N4O/c19-18-10(2-1-3-15(18)22)4-17(27)25-14-8-16(26-23-9-14)24-13-6-11(20)5-12(21)7-13/h1-3,5-9H,4H2,(H2,24,25,26,27). The molecule has 3 aromatic rings. The van der Waals surface area contributed by atoms with Crippen molar-refractivity contribution in [3.63, 3.8) is 0 Å². The van der Waals surface area contributed by atoms with Crippen molar-refractivity contribution >= 4 is 34.7 Å². The molecule has 1 amide bonds. The van der Waals surface area contributed by atoms with Crippen molar-refractivity contribution in [3.05, 3.63) is 76.7 Å². The third kappa shape index (κ3) is 4.95. The molecule has 0 atom stereocenters. The number of benzene rings is 2. The Hall–Kier alpha value is -3.13. The van der Waals surface area contributed by atoms with Gasteiger partial charge in [-0.25, -0.2) is 13.2 Å². The molecule has 27 heavy (non-hydrogen) atoms. The number of carbonyl (C=O) groups excluding carboxylic acids is 1. The molecule has 0 radical (unpaired) electrons. The van der Waals surface area contributed by atoms with E-state index >= 15 is 0 Å². The fourth-order valence-electron chi connectivity index (χ4n) is 2.33. The van der Waals surface area contributed by atoms with E-state index < -0.39 is 23.4 Å². The Kier molecular flexibility index (Phi) is 5.56. The molecule has 0 aliphatic rings. The van der Waals surface area contributed by atoms with E-state index in [9.17, 15) is 18.0 Å². The predicted octanol–water partition coefficient (Wildman–Crippen LogP) is 4.47. The number of anilines is 3. The molecule has 2 aromatic carbocycles. The summed E-state index contributed by atoms with van der Waals surface area (Å²) in [5, 5.41) is 12.7. The summed E-state index contributed by atoms with van der Waals surface area (Å²) in [6.45, 7) is 0. The number of aromatic nitrogens is 2. The van der Waals surface area contributed by atoms with Gasteiger partial charge in [-0.2, -0.15) is 5.10 Å². The molecule has 138 valence electrons. The molecule has 0 aliphatic carbocycles. The Balaban J connectivity index is 1.70. The monoisotopic (exact) mass is 392 g/mol. The second-order valence-corrected chi connectivity index (χ2v) is 5.93. The topological polar surface area (TPSA) is 66.9 Å². The van der Waals surface area contributed by atoms with Crippen molar-refractivity contribution in [2.45, 2.75) is 6.42 Å². The van der Waals surface area contributed by atoms with Crippen LogP contribution in [-0.4, -0.2) is 16.1 Å². The van der Waals surface area contributed by atoms with E-state index in [1.165, 1.54) is 24.4 Å². The fraction of sp³-hybridized carbons (Fsp3) is 0.0556. The summed E-state index contributed by atoms with van der Waals surface area (Å²) >= 11 is 5.83. The van der Waals surface area contributed by atoms with Crippen LogP contribution in [0.1, 0.15) is 5.56 Å². The van der Waals surface area contributed by atoms with Crippen molar-refractivity contribution in [3.8, 4) is 0 Å². The van der Waals surface area contributed by atoms with Crippen molar-refractivity contribution in [2.75, 3.05) is 10.6 Å². The molecule has 9 heteroatoms. The second kappa shape index (κ2) is 8.05. The van der Waals surface area contributed by atoms with Gasteiger partial charge in [0.25, 0.3) is 0 Å². The lowest BCUT2D eigenvalue weighted by Crippen LogP contribution is -2.15. The molecule has 0 saturated carbocycles. The zero-order valence-corrected chi connectivity index (χ0v) is 14.4. The average molecular weight is 393 g/mol. The molecule has 3 rings (SSSR count). The highest BCUT2D eigenvalue weighted by Crippen LogP contribution is 2.22. The molecule has 0 saturated heterocycles. The van der Waals surface area contributed by atoms with E-state index in [4.69, 9.17) is 11.6 Å². The maximum atomic E-state index is 13.4. The number of amides is 1. The third-order valence-corrected chi connectivity index (χ3v) is 3.88. The first-order valence-corrected chi connectivity index (χ1v) is 8.07. The summed E-state index contributed by atoms with van der Waals surface area (Å²) in [7, 11) is 0. The highest BCUT2D eigenvalue weighted by Gasteiger charge is 2.11. The predicted molar refractivity (Wildman–Crippen MR) is 95.4 cm³/mol. The van der Waals surface area contributed by atoms with Gasteiger partial charge < -0.3 is 10.6 Å². The van der Waals surface area contributed by atoms with Gasteiger partial charge >= 0.3 is 0 Å². The molecule has 0 fully saturated rings. The number of hydrogen-bond acceptors (Lipinski definition) is 4. The van der Waals surface area contributed by atoms with Crippen LogP contribution >= 0.6 is 11.6 Å². The highest BCUT2D eigenvalue weighted by atomic mass is 35.5. The van der Waals surface area contributed by atoms with Gasteiger partial charge in [-0.15, -0.1) is 5.10 Å². The van der Waals surface area contributed by atoms with Crippen molar-refractivity contribution < 1.29 is 18.0 Å². The largest absolute Gasteiger partial charge is 0.338 e. The summed E-state index contributed by atoms with van der Waals surface area (Å²) in [6.07, 6.45) is 1.15. The second-order valence-electron chi connectivity index (χ2n) is 5.55. The zero-order valence-electron chi connectivity index (χ0n) is 13.6. The van der Waals surface area contributed by atoms with E-state index in [0.717, 1.165) is 18.2 Å².